The number of hydrogen-bond acceptors (Lipinski definition) is 4. The lowest BCUT2D eigenvalue weighted by Crippen LogP contribution is -2.24. The highest BCUT2D eigenvalue weighted by Gasteiger charge is 2.18. The highest BCUT2D eigenvalue weighted by Crippen LogP contribution is 2.28. The fourth-order valence-electron chi connectivity index (χ4n) is 3.40. The van der Waals surface area contributed by atoms with Crippen LogP contribution in [-0.4, -0.2) is 26.4 Å². The Labute approximate surface area is 148 Å². The van der Waals surface area contributed by atoms with Gasteiger partial charge in [0.2, 0.25) is 0 Å². The number of aromatic nitrogens is 2. The molecule has 0 aliphatic heterocycles. The number of aryl methyl sites for hydroxylation is 1. The molecule has 0 saturated heterocycles. The summed E-state index contributed by atoms with van der Waals surface area (Å²) in [5.74, 6) is -0.947. The van der Waals surface area contributed by atoms with Crippen LogP contribution in [0.25, 0.3) is 22.0 Å². The second-order valence-corrected chi connectivity index (χ2v) is 6.45. The highest BCUT2D eigenvalue weighted by molar-refractivity contribution is 5.99. The molecule has 2 aromatic carbocycles. The van der Waals surface area contributed by atoms with Crippen LogP contribution in [0.3, 0.4) is 0 Å². The molecule has 0 unspecified atom stereocenters. The van der Waals surface area contributed by atoms with Crippen molar-refractivity contribution >= 4 is 22.7 Å². The monoisotopic (exact) mass is 348 g/mol. The number of carboxylic acid groups (broad SMARTS) is 1. The van der Waals surface area contributed by atoms with Crippen molar-refractivity contribution < 1.29 is 14.7 Å². The predicted octanol–water partition coefficient (Wildman–Crippen LogP) is 2.67. The second-order valence-electron chi connectivity index (χ2n) is 6.45. The van der Waals surface area contributed by atoms with Gasteiger partial charge in [-0.15, -0.1) is 0 Å². The lowest BCUT2D eigenvalue weighted by molar-refractivity contribution is -0.137. The van der Waals surface area contributed by atoms with Gasteiger partial charge in [-0.25, -0.2) is 4.98 Å². The summed E-state index contributed by atoms with van der Waals surface area (Å²) in [7, 11) is 0. The second kappa shape index (κ2) is 6.22. The van der Waals surface area contributed by atoms with Crippen LogP contribution in [0.15, 0.2) is 47.5 Å². The van der Waals surface area contributed by atoms with Gasteiger partial charge in [0.15, 0.2) is 5.78 Å². The average molecular weight is 348 g/mol. The van der Waals surface area contributed by atoms with Crippen LogP contribution in [0.1, 0.15) is 28.8 Å². The molecule has 0 fully saturated rings. The number of fused-ring (bicyclic) bond motifs is 2. The molecule has 6 heteroatoms. The number of aliphatic carboxylic acids is 1. The number of carbonyl (C=O) groups excluding carboxylic acids is 1. The SMILES string of the molecule is O=C(O)Cn1cnc2ccc(-c3ccc4c(c3)C(=O)CCC4)cc2c1=O. The van der Waals surface area contributed by atoms with Gasteiger partial charge in [0.25, 0.3) is 5.56 Å². The standard InChI is InChI=1S/C20H16N2O4/c23-18-3-1-2-12-4-5-13(8-15(12)18)14-6-7-17-16(9-14)20(26)22(11-21-17)10-19(24)25/h4-9,11H,1-3,10H2,(H,24,25). The van der Waals surface area contributed by atoms with E-state index in [9.17, 15) is 14.4 Å². The van der Waals surface area contributed by atoms with E-state index in [1.807, 2.05) is 24.3 Å². The van der Waals surface area contributed by atoms with E-state index in [0.29, 0.717) is 17.3 Å². The summed E-state index contributed by atoms with van der Waals surface area (Å²) < 4.78 is 1.07. The molecule has 1 heterocycles. The molecule has 1 aliphatic rings. The zero-order valence-electron chi connectivity index (χ0n) is 13.9. The Morgan fingerprint density at radius 1 is 1.08 bits per heavy atom. The van der Waals surface area contributed by atoms with Crippen molar-refractivity contribution in [2.45, 2.75) is 25.8 Å². The van der Waals surface area contributed by atoms with Crippen LogP contribution in [-0.2, 0) is 17.8 Å². The Morgan fingerprint density at radius 2 is 1.85 bits per heavy atom. The molecule has 26 heavy (non-hydrogen) atoms. The van der Waals surface area contributed by atoms with Crippen LogP contribution in [0.4, 0.5) is 0 Å². The molecule has 4 rings (SSSR count). The number of carboxylic acids is 1. The van der Waals surface area contributed by atoms with Gasteiger partial charge in [-0.1, -0.05) is 18.2 Å². The number of ketones is 1. The van der Waals surface area contributed by atoms with E-state index in [1.54, 1.807) is 12.1 Å². The van der Waals surface area contributed by atoms with Crippen LogP contribution in [0.2, 0.25) is 0 Å². The first-order valence-electron chi connectivity index (χ1n) is 8.40. The Hall–Kier alpha value is -3.28. The van der Waals surface area contributed by atoms with Crippen molar-refractivity contribution in [2.75, 3.05) is 0 Å². The van der Waals surface area contributed by atoms with E-state index in [0.717, 1.165) is 39.7 Å². The Bertz CT molecular complexity index is 1110. The summed E-state index contributed by atoms with van der Waals surface area (Å²) in [6.45, 7) is -0.431. The van der Waals surface area contributed by atoms with Crippen LogP contribution < -0.4 is 5.56 Å². The first-order chi connectivity index (χ1) is 12.5. The van der Waals surface area contributed by atoms with Gasteiger partial charge in [0.05, 0.1) is 17.2 Å². The molecule has 0 atom stereocenters. The topological polar surface area (TPSA) is 89.3 Å². The summed E-state index contributed by atoms with van der Waals surface area (Å²) >= 11 is 0. The van der Waals surface area contributed by atoms with Crippen LogP contribution in [0.5, 0.6) is 0 Å². The molecule has 0 saturated carbocycles. The van der Waals surface area contributed by atoms with Gasteiger partial charge >= 0.3 is 5.97 Å². The van der Waals surface area contributed by atoms with Gasteiger partial charge in [0.1, 0.15) is 6.54 Å². The quantitative estimate of drug-likeness (QED) is 0.786. The maximum atomic E-state index is 12.5. The lowest BCUT2D eigenvalue weighted by atomic mass is 9.88. The number of hydrogen-bond donors (Lipinski definition) is 1. The van der Waals surface area contributed by atoms with E-state index in [1.165, 1.54) is 6.33 Å². The molecule has 6 nitrogen and oxygen atoms in total. The smallest absolute Gasteiger partial charge is 0.323 e. The van der Waals surface area contributed by atoms with Gasteiger partial charge in [-0.3, -0.25) is 19.0 Å². The fraction of sp³-hybridized carbons (Fsp3) is 0.200. The summed E-state index contributed by atoms with van der Waals surface area (Å²) in [6.07, 6.45) is 3.60. The van der Waals surface area contributed by atoms with E-state index in [-0.39, 0.29) is 5.78 Å². The highest BCUT2D eigenvalue weighted by atomic mass is 16.4. The normalized spacial score (nSPS) is 13.6. The minimum Gasteiger partial charge on any atom is -0.480 e. The first kappa shape index (κ1) is 16.2. The van der Waals surface area contributed by atoms with E-state index in [2.05, 4.69) is 4.98 Å². The molecular weight excluding hydrogens is 332 g/mol. The van der Waals surface area contributed by atoms with Crippen molar-refractivity contribution in [3.05, 3.63) is 64.2 Å². The number of carbonyl (C=O) groups is 2. The maximum absolute atomic E-state index is 12.5. The summed E-state index contributed by atoms with van der Waals surface area (Å²) in [5, 5.41) is 9.27. The molecule has 1 N–H and O–H groups in total. The van der Waals surface area contributed by atoms with E-state index in [4.69, 9.17) is 5.11 Å². The zero-order valence-corrected chi connectivity index (χ0v) is 13.9. The Balaban J connectivity index is 1.83. The molecule has 0 radical (unpaired) electrons. The first-order valence-corrected chi connectivity index (χ1v) is 8.40. The predicted molar refractivity (Wildman–Crippen MR) is 96.3 cm³/mol. The third-order valence-corrected chi connectivity index (χ3v) is 4.72. The maximum Gasteiger partial charge on any atom is 0.323 e. The number of Topliss-reactive ketones (excluding diaryl/α,β-unsaturated/α-hetero) is 1. The summed E-state index contributed by atoms with van der Waals surface area (Å²) in [6, 6.07) is 11.1. The molecular formula is C20H16N2O4. The number of rotatable bonds is 3. The molecule has 130 valence electrons. The van der Waals surface area contributed by atoms with Crippen LogP contribution >= 0.6 is 0 Å². The summed E-state index contributed by atoms with van der Waals surface area (Å²) in [5.41, 5.74) is 3.59. The molecule has 0 bridgehead atoms. The van der Waals surface area contributed by atoms with E-state index >= 15 is 0 Å². The van der Waals surface area contributed by atoms with Crippen molar-refractivity contribution in [3.8, 4) is 11.1 Å². The lowest BCUT2D eigenvalue weighted by Gasteiger charge is -2.16. The molecule has 1 aromatic heterocycles. The minimum atomic E-state index is -1.10. The zero-order chi connectivity index (χ0) is 18.3. The van der Waals surface area contributed by atoms with Crippen molar-refractivity contribution in [3.63, 3.8) is 0 Å². The molecule has 3 aromatic rings. The number of benzene rings is 2. The third-order valence-electron chi connectivity index (χ3n) is 4.72. The Morgan fingerprint density at radius 3 is 2.65 bits per heavy atom. The van der Waals surface area contributed by atoms with Gasteiger partial charge in [0, 0.05) is 12.0 Å². The van der Waals surface area contributed by atoms with Gasteiger partial charge in [-0.2, -0.15) is 0 Å². The number of nitrogens with zero attached hydrogens (tertiary/aromatic N) is 2. The minimum absolute atomic E-state index is 0.152. The molecule has 0 spiro atoms. The van der Waals surface area contributed by atoms with Crippen molar-refractivity contribution in [1.82, 2.24) is 9.55 Å². The third kappa shape index (κ3) is 2.79. The van der Waals surface area contributed by atoms with Crippen molar-refractivity contribution in [1.29, 1.82) is 0 Å². The van der Waals surface area contributed by atoms with Gasteiger partial charge in [-0.05, 0) is 47.7 Å². The van der Waals surface area contributed by atoms with Gasteiger partial charge < -0.3 is 5.11 Å². The van der Waals surface area contributed by atoms with Crippen LogP contribution in [0, 0.1) is 0 Å². The largest absolute Gasteiger partial charge is 0.480 e. The fourth-order valence-corrected chi connectivity index (χ4v) is 3.40. The summed E-state index contributed by atoms with van der Waals surface area (Å²) in [4.78, 5) is 39.8. The molecule has 1 aliphatic carbocycles. The van der Waals surface area contributed by atoms with Crippen molar-refractivity contribution in [2.24, 2.45) is 0 Å². The average Bonchev–Trinajstić information content (AvgIpc) is 2.64. The Kier molecular flexibility index (Phi) is 3.88. The van der Waals surface area contributed by atoms with E-state index < -0.39 is 18.1 Å². The molecule has 0 amide bonds.